The molecule has 0 N–H and O–H groups in total. The van der Waals surface area contributed by atoms with E-state index in [-0.39, 0.29) is 24.8 Å². The second kappa shape index (κ2) is 7.14. The Kier molecular flexibility index (Phi) is 6.23. The number of ether oxygens (including phenoxy) is 1. The van der Waals surface area contributed by atoms with Gasteiger partial charge >= 0.3 is 6.09 Å². The molecule has 0 unspecified atom stereocenters. The van der Waals surface area contributed by atoms with Gasteiger partial charge < -0.3 is 9.64 Å². The van der Waals surface area contributed by atoms with E-state index in [1.54, 1.807) is 4.90 Å². The number of carbonyl (C=O) groups is 1. The molecule has 2 atom stereocenters. The third-order valence-electron chi connectivity index (χ3n) is 3.30. The summed E-state index contributed by atoms with van der Waals surface area (Å²) in [4.78, 5) is 16.1. The van der Waals surface area contributed by atoms with E-state index < -0.39 is 15.7 Å². The zero-order chi connectivity index (χ0) is 17.1. The lowest BCUT2D eigenvalue weighted by atomic mass is 10.1. The van der Waals surface area contributed by atoms with Gasteiger partial charge in [-0.3, -0.25) is 9.08 Å². The smallest absolute Gasteiger partial charge is 0.410 e. The van der Waals surface area contributed by atoms with E-state index in [1.165, 1.54) is 0 Å². The van der Waals surface area contributed by atoms with Gasteiger partial charge in [0.1, 0.15) is 5.60 Å². The van der Waals surface area contributed by atoms with Crippen molar-refractivity contribution in [1.29, 1.82) is 0 Å². The minimum absolute atomic E-state index is 0.00293. The predicted molar refractivity (Wildman–Crippen MR) is 84.2 cm³/mol. The molecule has 130 valence electrons. The van der Waals surface area contributed by atoms with Crippen molar-refractivity contribution in [3.63, 3.8) is 0 Å². The maximum absolute atomic E-state index is 12.3. The monoisotopic (exact) mass is 336 g/mol. The summed E-state index contributed by atoms with van der Waals surface area (Å²) in [7, 11) is -3.41. The number of rotatable bonds is 4. The molecule has 8 heteroatoms. The topological polar surface area (TPSA) is 76.2 Å². The molecule has 0 spiro atoms. The van der Waals surface area contributed by atoms with E-state index >= 15 is 0 Å². The number of hydrogen-bond acceptors (Lipinski definition) is 6. The van der Waals surface area contributed by atoms with Crippen molar-refractivity contribution in [2.24, 2.45) is 0 Å². The fourth-order valence-electron chi connectivity index (χ4n) is 2.61. The molecule has 22 heavy (non-hydrogen) atoms. The number of piperazine rings is 1. The lowest BCUT2D eigenvalue weighted by Crippen LogP contribution is -2.59. The maximum Gasteiger partial charge on any atom is 0.410 e. The third-order valence-corrected chi connectivity index (χ3v) is 3.90. The first kappa shape index (κ1) is 19.2. The zero-order valence-electron chi connectivity index (χ0n) is 14.3. The minimum atomic E-state index is -3.41. The summed E-state index contributed by atoms with van der Waals surface area (Å²) in [5.74, 6) is 0. The Morgan fingerprint density at radius 2 is 1.68 bits per heavy atom. The predicted octanol–water partition coefficient (Wildman–Crippen LogP) is 1.29. The summed E-state index contributed by atoms with van der Waals surface area (Å²) in [6.45, 7) is 11.4. The lowest BCUT2D eigenvalue weighted by Gasteiger charge is -2.44. The second-order valence-corrected chi connectivity index (χ2v) is 8.52. The van der Waals surface area contributed by atoms with Crippen molar-refractivity contribution in [3.8, 4) is 0 Å². The van der Waals surface area contributed by atoms with Gasteiger partial charge in [-0.15, -0.1) is 0 Å². The molecule has 1 amide bonds. The van der Waals surface area contributed by atoms with Crippen molar-refractivity contribution in [3.05, 3.63) is 0 Å². The van der Waals surface area contributed by atoms with Gasteiger partial charge in [0.2, 0.25) is 0 Å². The van der Waals surface area contributed by atoms with Crippen molar-refractivity contribution in [2.75, 3.05) is 32.5 Å². The van der Waals surface area contributed by atoms with E-state index in [1.807, 2.05) is 34.6 Å². The van der Waals surface area contributed by atoms with Crippen molar-refractivity contribution in [1.82, 2.24) is 9.80 Å². The molecule has 0 radical (unpaired) electrons. The average molecular weight is 336 g/mol. The first-order valence-corrected chi connectivity index (χ1v) is 9.29. The van der Waals surface area contributed by atoms with Crippen LogP contribution in [-0.2, 0) is 19.0 Å². The highest BCUT2D eigenvalue weighted by molar-refractivity contribution is 7.85. The van der Waals surface area contributed by atoms with Crippen LogP contribution in [0.5, 0.6) is 0 Å². The van der Waals surface area contributed by atoms with Gasteiger partial charge in [-0.1, -0.05) is 0 Å². The van der Waals surface area contributed by atoms with Crippen LogP contribution < -0.4 is 0 Å². The van der Waals surface area contributed by atoms with Crippen LogP contribution in [0.2, 0.25) is 0 Å². The van der Waals surface area contributed by atoms with Crippen LogP contribution in [0.4, 0.5) is 4.79 Å². The molecule has 0 saturated carbocycles. The van der Waals surface area contributed by atoms with Crippen molar-refractivity contribution < 1.29 is 22.1 Å². The van der Waals surface area contributed by atoms with Crippen LogP contribution >= 0.6 is 0 Å². The highest BCUT2D eigenvalue weighted by Crippen LogP contribution is 2.19. The molecule has 7 nitrogen and oxygen atoms in total. The van der Waals surface area contributed by atoms with Gasteiger partial charge in [-0.05, 0) is 34.6 Å². The van der Waals surface area contributed by atoms with Crippen molar-refractivity contribution in [2.45, 2.75) is 52.3 Å². The number of carbonyl (C=O) groups excluding carboxylic acids is 1. The molecule has 1 fully saturated rings. The highest BCUT2D eigenvalue weighted by Gasteiger charge is 2.35. The Hall–Kier alpha value is -0.860. The normalized spacial score (nSPS) is 24.4. The van der Waals surface area contributed by atoms with E-state index in [2.05, 4.69) is 4.90 Å². The molecule has 0 aliphatic carbocycles. The average Bonchev–Trinajstić information content (AvgIpc) is 2.23. The number of amides is 1. The van der Waals surface area contributed by atoms with Gasteiger partial charge in [0.15, 0.2) is 0 Å². The Morgan fingerprint density at radius 1 is 1.18 bits per heavy atom. The van der Waals surface area contributed by atoms with E-state index in [4.69, 9.17) is 8.92 Å². The molecular formula is C14H28N2O5S. The van der Waals surface area contributed by atoms with Gasteiger partial charge in [-0.25, -0.2) is 4.79 Å². The fourth-order valence-corrected chi connectivity index (χ4v) is 2.98. The van der Waals surface area contributed by atoms with Crippen LogP contribution in [0.15, 0.2) is 0 Å². The molecule has 1 heterocycles. The number of nitrogens with zero attached hydrogens (tertiary/aromatic N) is 2. The third kappa shape index (κ3) is 6.50. The summed E-state index contributed by atoms with van der Waals surface area (Å²) in [6, 6.07) is -0.00586. The summed E-state index contributed by atoms with van der Waals surface area (Å²) < 4.78 is 32.1. The minimum Gasteiger partial charge on any atom is -0.444 e. The van der Waals surface area contributed by atoms with Crippen LogP contribution in [0.1, 0.15) is 34.6 Å². The molecule has 0 aromatic rings. The molecule has 1 aliphatic rings. The zero-order valence-corrected chi connectivity index (χ0v) is 15.1. The van der Waals surface area contributed by atoms with Gasteiger partial charge in [-0.2, -0.15) is 8.42 Å². The van der Waals surface area contributed by atoms with Crippen molar-refractivity contribution >= 4 is 16.2 Å². The summed E-state index contributed by atoms with van der Waals surface area (Å²) in [5, 5.41) is 0. The van der Waals surface area contributed by atoms with Gasteiger partial charge in [0.25, 0.3) is 10.1 Å². The molecular weight excluding hydrogens is 308 g/mol. The second-order valence-electron chi connectivity index (χ2n) is 6.87. The Balaban J connectivity index is 2.56. The highest BCUT2D eigenvalue weighted by atomic mass is 32.2. The lowest BCUT2D eigenvalue weighted by molar-refractivity contribution is -0.0162. The standard InChI is InChI=1S/C14H28N2O5S/c1-11-9-15(7-8-20-22(6,18)19)10-12(2)16(11)13(17)21-14(3,4)5/h11-12H,7-10H2,1-6H3/t11-,12-/m1/s1. The number of hydrogen-bond donors (Lipinski definition) is 0. The van der Waals surface area contributed by atoms with E-state index in [0.29, 0.717) is 19.6 Å². The van der Waals surface area contributed by atoms with Crippen LogP contribution in [0.3, 0.4) is 0 Å². The van der Waals surface area contributed by atoms with Crippen LogP contribution in [-0.4, -0.2) is 74.5 Å². The van der Waals surface area contributed by atoms with Gasteiger partial charge in [0, 0.05) is 31.7 Å². The van der Waals surface area contributed by atoms with E-state index in [0.717, 1.165) is 6.26 Å². The molecule has 1 saturated heterocycles. The molecule has 0 aromatic carbocycles. The SMILES string of the molecule is C[C@@H]1CN(CCOS(C)(=O)=O)C[C@@H](C)N1C(=O)OC(C)(C)C. The van der Waals surface area contributed by atoms with Crippen LogP contribution in [0.25, 0.3) is 0 Å². The molecule has 0 aromatic heterocycles. The fraction of sp³-hybridized carbons (Fsp3) is 0.929. The van der Waals surface area contributed by atoms with Crippen LogP contribution in [0, 0.1) is 0 Å². The first-order chi connectivity index (χ1) is 9.89. The van der Waals surface area contributed by atoms with E-state index in [9.17, 15) is 13.2 Å². The quantitative estimate of drug-likeness (QED) is 0.720. The largest absolute Gasteiger partial charge is 0.444 e. The summed E-state index contributed by atoms with van der Waals surface area (Å²) >= 11 is 0. The molecule has 0 bridgehead atoms. The summed E-state index contributed by atoms with van der Waals surface area (Å²) in [6.07, 6.45) is 0.734. The maximum atomic E-state index is 12.3. The first-order valence-electron chi connectivity index (χ1n) is 7.47. The Bertz CT molecular complexity index is 474. The molecule has 1 rings (SSSR count). The van der Waals surface area contributed by atoms with Gasteiger partial charge in [0.05, 0.1) is 12.9 Å². The Labute approximate surface area is 133 Å². The Morgan fingerprint density at radius 3 is 2.09 bits per heavy atom. The summed E-state index contributed by atoms with van der Waals surface area (Å²) in [5.41, 5.74) is -0.517. The molecule has 1 aliphatic heterocycles.